The maximum Gasteiger partial charge on any atom is 0.416 e. The zero-order valence-corrected chi connectivity index (χ0v) is 13.1. The first-order chi connectivity index (χ1) is 9.86. The summed E-state index contributed by atoms with van der Waals surface area (Å²) in [6.07, 6.45) is -4.28. The van der Waals surface area contributed by atoms with E-state index in [-0.39, 0.29) is 0 Å². The molecule has 0 radical (unpaired) electrons. The minimum atomic E-state index is -4.28. The van der Waals surface area contributed by atoms with E-state index < -0.39 is 11.7 Å². The van der Waals surface area contributed by atoms with E-state index in [0.717, 1.165) is 27.7 Å². The topological polar surface area (TPSA) is 12.0 Å². The zero-order valence-electron chi connectivity index (χ0n) is 11.5. The molecule has 0 saturated carbocycles. The van der Waals surface area contributed by atoms with Gasteiger partial charge >= 0.3 is 6.18 Å². The molecular formula is C16H15BrF3N. The fraction of sp³-hybridized carbons (Fsp3) is 0.250. The summed E-state index contributed by atoms with van der Waals surface area (Å²) in [6, 6.07) is 11.3. The largest absolute Gasteiger partial charge is 0.416 e. The Labute approximate surface area is 130 Å². The van der Waals surface area contributed by atoms with Gasteiger partial charge in [-0.2, -0.15) is 13.2 Å². The molecule has 0 spiro atoms. The average Bonchev–Trinajstić information content (AvgIpc) is 2.42. The first-order valence-corrected chi connectivity index (χ1v) is 7.27. The third-order valence-corrected chi connectivity index (χ3v) is 4.03. The normalized spacial score (nSPS) is 11.7. The first-order valence-electron chi connectivity index (χ1n) is 6.48. The molecule has 0 aliphatic rings. The summed E-state index contributed by atoms with van der Waals surface area (Å²) in [5, 5.41) is 3.22. The summed E-state index contributed by atoms with van der Waals surface area (Å²) < 4.78 is 38.4. The molecule has 2 aromatic rings. The molecule has 1 nitrogen and oxygen atoms in total. The molecule has 0 saturated heterocycles. The van der Waals surface area contributed by atoms with Crippen molar-refractivity contribution in [1.29, 1.82) is 0 Å². The Morgan fingerprint density at radius 2 is 1.52 bits per heavy atom. The van der Waals surface area contributed by atoms with Crippen LogP contribution in [0.25, 0.3) is 0 Å². The van der Waals surface area contributed by atoms with E-state index in [4.69, 9.17) is 0 Å². The van der Waals surface area contributed by atoms with Gasteiger partial charge in [-0.1, -0.05) is 40.2 Å². The molecule has 112 valence electrons. The fourth-order valence-electron chi connectivity index (χ4n) is 1.91. The van der Waals surface area contributed by atoms with Gasteiger partial charge < -0.3 is 5.32 Å². The highest BCUT2D eigenvalue weighted by Gasteiger charge is 2.29. The SMILES string of the molecule is Cc1ccc(CNCc2ccc(C(F)(F)F)cc2)cc1Br. The van der Waals surface area contributed by atoms with Crippen LogP contribution in [0.5, 0.6) is 0 Å². The van der Waals surface area contributed by atoms with Crippen molar-refractivity contribution >= 4 is 15.9 Å². The van der Waals surface area contributed by atoms with Crippen molar-refractivity contribution in [2.45, 2.75) is 26.2 Å². The number of hydrogen-bond donors (Lipinski definition) is 1. The number of rotatable bonds is 4. The summed E-state index contributed by atoms with van der Waals surface area (Å²) in [4.78, 5) is 0. The Bertz CT molecular complexity index is 606. The molecule has 0 aromatic heterocycles. The maximum absolute atomic E-state index is 12.4. The summed E-state index contributed by atoms with van der Waals surface area (Å²) in [6.45, 7) is 3.22. The Hall–Kier alpha value is -1.33. The van der Waals surface area contributed by atoms with Crippen LogP contribution in [0.3, 0.4) is 0 Å². The molecule has 21 heavy (non-hydrogen) atoms. The van der Waals surface area contributed by atoms with Gasteiger partial charge in [0.1, 0.15) is 0 Å². The van der Waals surface area contributed by atoms with E-state index in [1.807, 2.05) is 25.1 Å². The predicted octanol–water partition coefficient (Wildman–Crippen LogP) is 5.07. The van der Waals surface area contributed by atoms with Crippen LogP contribution in [0, 0.1) is 6.92 Å². The van der Waals surface area contributed by atoms with Crippen LogP contribution in [0.15, 0.2) is 46.9 Å². The monoisotopic (exact) mass is 357 g/mol. The summed E-state index contributed by atoms with van der Waals surface area (Å²) in [5.41, 5.74) is 2.50. The molecule has 1 N–H and O–H groups in total. The van der Waals surface area contributed by atoms with Gasteiger partial charge in [-0.3, -0.25) is 0 Å². The Morgan fingerprint density at radius 3 is 2.10 bits per heavy atom. The van der Waals surface area contributed by atoms with Gasteiger partial charge in [-0.15, -0.1) is 0 Å². The smallest absolute Gasteiger partial charge is 0.309 e. The summed E-state index contributed by atoms with van der Waals surface area (Å²) in [7, 11) is 0. The van der Waals surface area contributed by atoms with Crippen LogP contribution in [0.1, 0.15) is 22.3 Å². The van der Waals surface area contributed by atoms with Gasteiger partial charge in [0.05, 0.1) is 5.56 Å². The lowest BCUT2D eigenvalue weighted by Crippen LogP contribution is -2.13. The van der Waals surface area contributed by atoms with Crippen molar-refractivity contribution in [3.8, 4) is 0 Å². The second-order valence-corrected chi connectivity index (χ2v) is 5.74. The van der Waals surface area contributed by atoms with Crippen molar-refractivity contribution < 1.29 is 13.2 Å². The highest BCUT2D eigenvalue weighted by molar-refractivity contribution is 9.10. The molecule has 0 aliphatic carbocycles. The van der Waals surface area contributed by atoms with Crippen LogP contribution in [-0.2, 0) is 19.3 Å². The standard InChI is InChI=1S/C16H15BrF3N/c1-11-2-3-13(8-15(11)17)10-21-9-12-4-6-14(7-5-12)16(18,19)20/h2-8,21H,9-10H2,1H3. The third-order valence-electron chi connectivity index (χ3n) is 3.18. The minimum absolute atomic E-state index is 0.531. The van der Waals surface area contributed by atoms with E-state index in [0.29, 0.717) is 13.1 Å². The lowest BCUT2D eigenvalue weighted by molar-refractivity contribution is -0.137. The third kappa shape index (κ3) is 4.58. The Morgan fingerprint density at radius 1 is 0.952 bits per heavy atom. The molecule has 0 atom stereocenters. The predicted molar refractivity (Wildman–Crippen MR) is 80.9 cm³/mol. The molecule has 0 amide bonds. The van der Waals surface area contributed by atoms with Crippen LogP contribution < -0.4 is 5.32 Å². The molecule has 0 heterocycles. The molecule has 0 fully saturated rings. The van der Waals surface area contributed by atoms with E-state index in [9.17, 15) is 13.2 Å². The highest BCUT2D eigenvalue weighted by Crippen LogP contribution is 2.29. The molecular weight excluding hydrogens is 343 g/mol. The molecule has 2 rings (SSSR count). The van der Waals surface area contributed by atoms with Crippen molar-refractivity contribution in [2.24, 2.45) is 0 Å². The van der Waals surface area contributed by atoms with Crippen molar-refractivity contribution in [2.75, 3.05) is 0 Å². The molecule has 2 aromatic carbocycles. The number of nitrogens with one attached hydrogen (secondary N) is 1. The summed E-state index contributed by atoms with van der Waals surface area (Å²) >= 11 is 3.48. The Balaban J connectivity index is 1.90. The van der Waals surface area contributed by atoms with E-state index in [1.165, 1.54) is 17.7 Å². The van der Waals surface area contributed by atoms with Crippen LogP contribution in [0.2, 0.25) is 0 Å². The number of halogens is 4. The maximum atomic E-state index is 12.4. The molecule has 0 unspecified atom stereocenters. The minimum Gasteiger partial charge on any atom is -0.309 e. The van der Waals surface area contributed by atoms with E-state index in [1.54, 1.807) is 0 Å². The second-order valence-electron chi connectivity index (χ2n) is 4.88. The first kappa shape index (κ1) is 16.0. The Kier molecular flexibility index (Phi) is 5.06. The number of aryl methyl sites for hydroxylation is 1. The van der Waals surface area contributed by atoms with Crippen LogP contribution in [-0.4, -0.2) is 0 Å². The van der Waals surface area contributed by atoms with Gasteiger partial charge in [0.25, 0.3) is 0 Å². The van der Waals surface area contributed by atoms with Crippen LogP contribution >= 0.6 is 15.9 Å². The van der Waals surface area contributed by atoms with E-state index >= 15 is 0 Å². The number of benzene rings is 2. The van der Waals surface area contributed by atoms with E-state index in [2.05, 4.69) is 21.2 Å². The van der Waals surface area contributed by atoms with Gasteiger partial charge in [-0.05, 0) is 41.8 Å². The lowest BCUT2D eigenvalue weighted by atomic mass is 10.1. The van der Waals surface area contributed by atoms with Gasteiger partial charge in [0.15, 0.2) is 0 Å². The number of hydrogen-bond acceptors (Lipinski definition) is 1. The zero-order chi connectivity index (χ0) is 15.5. The molecule has 0 aliphatic heterocycles. The molecule has 0 bridgehead atoms. The highest BCUT2D eigenvalue weighted by atomic mass is 79.9. The quantitative estimate of drug-likeness (QED) is 0.805. The second kappa shape index (κ2) is 6.62. The fourth-order valence-corrected chi connectivity index (χ4v) is 2.34. The van der Waals surface area contributed by atoms with Gasteiger partial charge in [0.2, 0.25) is 0 Å². The van der Waals surface area contributed by atoms with Crippen LogP contribution in [0.4, 0.5) is 13.2 Å². The van der Waals surface area contributed by atoms with Crippen molar-refractivity contribution in [3.63, 3.8) is 0 Å². The van der Waals surface area contributed by atoms with Crippen molar-refractivity contribution in [3.05, 3.63) is 69.2 Å². The van der Waals surface area contributed by atoms with Gasteiger partial charge in [-0.25, -0.2) is 0 Å². The lowest BCUT2D eigenvalue weighted by Gasteiger charge is -2.09. The van der Waals surface area contributed by atoms with Gasteiger partial charge in [0, 0.05) is 17.6 Å². The molecule has 5 heteroatoms. The number of alkyl halides is 3. The van der Waals surface area contributed by atoms with Crippen molar-refractivity contribution in [1.82, 2.24) is 5.32 Å². The average molecular weight is 358 g/mol. The summed E-state index contributed by atoms with van der Waals surface area (Å²) in [5.74, 6) is 0.